The Hall–Kier alpha value is -1.10. The number of halogens is 2. The van der Waals surface area contributed by atoms with Crippen LogP contribution in [0.25, 0.3) is 11.4 Å². The molecule has 100 valence electrons. The third kappa shape index (κ3) is 2.91. The molecule has 0 amide bonds. The Morgan fingerprint density at radius 1 is 1.21 bits per heavy atom. The van der Waals surface area contributed by atoms with Crippen molar-refractivity contribution in [3.63, 3.8) is 0 Å². The molecule has 0 unspecified atom stereocenters. The smallest absolute Gasteiger partial charge is 0.231 e. The zero-order valence-electron chi connectivity index (χ0n) is 10.2. The average Bonchev–Trinajstić information content (AvgIpc) is 2.88. The van der Waals surface area contributed by atoms with Gasteiger partial charge in [-0.25, -0.2) is 0 Å². The molecule has 0 bridgehead atoms. The van der Waals surface area contributed by atoms with Crippen LogP contribution in [0.1, 0.15) is 24.7 Å². The van der Waals surface area contributed by atoms with Gasteiger partial charge in [0.25, 0.3) is 0 Å². The molecule has 0 saturated carbocycles. The van der Waals surface area contributed by atoms with Crippen molar-refractivity contribution < 1.29 is 4.52 Å². The predicted molar refractivity (Wildman–Crippen MR) is 74.6 cm³/mol. The Morgan fingerprint density at radius 3 is 2.68 bits per heavy atom. The van der Waals surface area contributed by atoms with E-state index in [2.05, 4.69) is 15.5 Å². The van der Waals surface area contributed by atoms with Crippen molar-refractivity contribution in [1.29, 1.82) is 0 Å². The van der Waals surface area contributed by atoms with Gasteiger partial charge in [-0.3, -0.25) is 0 Å². The second-order valence-corrected chi connectivity index (χ2v) is 5.53. The van der Waals surface area contributed by atoms with Gasteiger partial charge >= 0.3 is 0 Å². The minimum absolute atomic E-state index is 0.296. The SMILES string of the molecule is Clc1cc(Cl)cc(-c2noc([C@@H]3CCCNC3)n2)c1. The van der Waals surface area contributed by atoms with Gasteiger partial charge in [-0.15, -0.1) is 0 Å². The summed E-state index contributed by atoms with van der Waals surface area (Å²) in [6.07, 6.45) is 2.20. The van der Waals surface area contributed by atoms with Crippen LogP contribution in [0.4, 0.5) is 0 Å². The van der Waals surface area contributed by atoms with Crippen molar-refractivity contribution in [1.82, 2.24) is 15.5 Å². The molecular formula is C13H13Cl2N3O. The number of piperidine rings is 1. The first-order valence-electron chi connectivity index (χ1n) is 6.23. The molecule has 2 aromatic rings. The van der Waals surface area contributed by atoms with Gasteiger partial charge in [0.15, 0.2) is 0 Å². The summed E-state index contributed by atoms with van der Waals surface area (Å²) in [5.74, 6) is 1.51. The Morgan fingerprint density at radius 2 is 2.00 bits per heavy atom. The van der Waals surface area contributed by atoms with Crippen molar-refractivity contribution in [2.75, 3.05) is 13.1 Å². The summed E-state index contributed by atoms with van der Waals surface area (Å²) in [4.78, 5) is 4.45. The van der Waals surface area contributed by atoms with Crippen LogP contribution in [0, 0.1) is 0 Å². The minimum atomic E-state index is 0.296. The number of benzene rings is 1. The first-order valence-corrected chi connectivity index (χ1v) is 6.99. The molecule has 3 rings (SSSR count). The van der Waals surface area contributed by atoms with E-state index in [0.29, 0.717) is 27.7 Å². The number of rotatable bonds is 2. The van der Waals surface area contributed by atoms with Crippen molar-refractivity contribution in [3.8, 4) is 11.4 Å². The molecule has 0 radical (unpaired) electrons. The highest BCUT2D eigenvalue weighted by Gasteiger charge is 2.21. The van der Waals surface area contributed by atoms with Crippen molar-refractivity contribution in [2.24, 2.45) is 0 Å². The van der Waals surface area contributed by atoms with E-state index in [0.717, 1.165) is 31.5 Å². The lowest BCUT2D eigenvalue weighted by Crippen LogP contribution is -2.28. The molecule has 1 saturated heterocycles. The van der Waals surface area contributed by atoms with Gasteiger partial charge in [0.05, 0.1) is 5.92 Å². The number of nitrogens with one attached hydrogen (secondary N) is 1. The molecule has 2 heterocycles. The summed E-state index contributed by atoms with van der Waals surface area (Å²) in [5, 5.41) is 8.47. The van der Waals surface area contributed by atoms with E-state index in [-0.39, 0.29) is 0 Å². The fraction of sp³-hybridized carbons (Fsp3) is 0.385. The maximum absolute atomic E-state index is 5.97. The van der Waals surface area contributed by atoms with E-state index in [1.807, 2.05) is 0 Å². The molecule has 1 aliphatic rings. The molecule has 1 fully saturated rings. The lowest BCUT2D eigenvalue weighted by molar-refractivity contribution is 0.322. The quantitative estimate of drug-likeness (QED) is 0.921. The van der Waals surface area contributed by atoms with Crippen LogP contribution < -0.4 is 5.32 Å². The van der Waals surface area contributed by atoms with E-state index in [4.69, 9.17) is 27.7 Å². The molecule has 6 heteroatoms. The first-order chi connectivity index (χ1) is 9.22. The Balaban J connectivity index is 1.87. The fourth-order valence-corrected chi connectivity index (χ4v) is 2.79. The van der Waals surface area contributed by atoms with Crippen LogP contribution in [0.3, 0.4) is 0 Å². The molecule has 0 spiro atoms. The zero-order valence-corrected chi connectivity index (χ0v) is 11.7. The second-order valence-electron chi connectivity index (χ2n) is 4.66. The third-order valence-corrected chi connectivity index (χ3v) is 3.65. The summed E-state index contributed by atoms with van der Waals surface area (Å²) >= 11 is 11.9. The number of hydrogen-bond donors (Lipinski definition) is 1. The molecule has 1 aromatic heterocycles. The van der Waals surface area contributed by atoms with Crippen LogP contribution in [-0.2, 0) is 0 Å². The largest absolute Gasteiger partial charge is 0.339 e. The van der Waals surface area contributed by atoms with Crippen molar-refractivity contribution in [2.45, 2.75) is 18.8 Å². The topological polar surface area (TPSA) is 51.0 Å². The molecule has 4 nitrogen and oxygen atoms in total. The van der Waals surface area contributed by atoms with E-state index >= 15 is 0 Å². The second kappa shape index (κ2) is 5.49. The van der Waals surface area contributed by atoms with Crippen molar-refractivity contribution in [3.05, 3.63) is 34.1 Å². The molecular weight excluding hydrogens is 285 g/mol. The lowest BCUT2D eigenvalue weighted by Gasteiger charge is -2.18. The van der Waals surface area contributed by atoms with Gasteiger partial charge in [-0.1, -0.05) is 28.4 Å². The highest BCUT2D eigenvalue weighted by molar-refractivity contribution is 6.35. The summed E-state index contributed by atoms with van der Waals surface area (Å²) in [5.41, 5.74) is 0.774. The zero-order chi connectivity index (χ0) is 13.2. The van der Waals surface area contributed by atoms with Crippen LogP contribution in [0.5, 0.6) is 0 Å². The van der Waals surface area contributed by atoms with E-state index in [9.17, 15) is 0 Å². The van der Waals surface area contributed by atoms with Crippen LogP contribution in [0.2, 0.25) is 10.0 Å². The van der Waals surface area contributed by atoms with Gasteiger partial charge in [0.2, 0.25) is 11.7 Å². The van der Waals surface area contributed by atoms with Gasteiger partial charge in [-0.05, 0) is 37.6 Å². The fourth-order valence-electron chi connectivity index (χ4n) is 2.26. The monoisotopic (exact) mass is 297 g/mol. The molecule has 19 heavy (non-hydrogen) atoms. The predicted octanol–water partition coefficient (Wildman–Crippen LogP) is 3.51. The Labute approximate surface area is 121 Å². The first kappa shape index (κ1) is 12.9. The molecule has 1 N–H and O–H groups in total. The van der Waals surface area contributed by atoms with Crippen LogP contribution in [0.15, 0.2) is 22.7 Å². The van der Waals surface area contributed by atoms with Gasteiger partial charge in [-0.2, -0.15) is 4.98 Å². The van der Waals surface area contributed by atoms with Gasteiger partial charge < -0.3 is 9.84 Å². The van der Waals surface area contributed by atoms with E-state index < -0.39 is 0 Å². The van der Waals surface area contributed by atoms with Gasteiger partial charge in [0, 0.05) is 22.2 Å². The number of hydrogen-bond acceptors (Lipinski definition) is 4. The molecule has 1 atom stereocenters. The highest BCUT2D eigenvalue weighted by atomic mass is 35.5. The van der Waals surface area contributed by atoms with Crippen molar-refractivity contribution >= 4 is 23.2 Å². The van der Waals surface area contributed by atoms with Gasteiger partial charge in [0.1, 0.15) is 0 Å². The maximum Gasteiger partial charge on any atom is 0.231 e. The minimum Gasteiger partial charge on any atom is -0.339 e. The summed E-state index contributed by atoms with van der Waals surface area (Å²) in [7, 11) is 0. The average molecular weight is 298 g/mol. The standard InChI is InChI=1S/C13H13Cl2N3O/c14-10-4-9(5-11(15)6-10)12-17-13(19-18-12)8-2-1-3-16-7-8/h4-6,8,16H,1-3,7H2/t8-/m1/s1. The summed E-state index contributed by atoms with van der Waals surface area (Å²) < 4.78 is 5.35. The molecule has 0 aliphatic carbocycles. The van der Waals surface area contributed by atoms with E-state index in [1.165, 1.54) is 0 Å². The Kier molecular flexibility index (Phi) is 3.73. The van der Waals surface area contributed by atoms with Crippen LogP contribution in [-0.4, -0.2) is 23.2 Å². The lowest BCUT2D eigenvalue weighted by atomic mass is 10.00. The maximum atomic E-state index is 5.97. The number of nitrogens with zero attached hydrogens (tertiary/aromatic N) is 2. The third-order valence-electron chi connectivity index (χ3n) is 3.21. The van der Waals surface area contributed by atoms with Crippen LogP contribution >= 0.6 is 23.2 Å². The van der Waals surface area contributed by atoms with E-state index in [1.54, 1.807) is 18.2 Å². The molecule has 1 aliphatic heterocycles. The Bertz CT molecular complexity index is 559. The normalized spacial score (nSPS) is 19.6. The summed E-state index contributed by atoms with van der Waals surface area (Å²) in [6, 6.07) is 5.24. The summed E-state index contributed by atoms with van der Waals surface area (Å²) in [6.45, 7) is 1.94. The number of aromatic nitrogens is 2. The highest BCUT2D eigenvalue weighted by Crippen LogP contribution is 2.28. The molecule has 1 aromatic carbocycles.